The zero-order valence-corrected chi connectivity index (χ0v) is 20.8. The third-order valence-electron chi connectivity index (χ3n) is 4.74. The first-order valence-corrected chi connectivity index (χ1v) is 12.2. The maximum absolute atomic E-state index is 13.1. The summed E-state index contributed by atoms with van der Waals surface area (Å²) in [7, 11) is 0. The van der Waals surface area contributed by atoms with Crippen molar-refractivity contribution in [3.8, 4) is 0 Å². The van der Waals surface area contributed by atoms with Crippen molar-refractivity contribution in [3.63, 3.8) is 0 Å². The van der Waals surface area contributed by atoms with Crippen LogP contribution < -0.4 is 5.32 Å². The highest BCUT2D eigenvalue weighted by Crippen LogP contribution is 2.19. The molecule has 172 valence electrons. The second-order valence-corrected chi connectivity index (χ2v) is 9.78. The highest BCUT2D eigenvalue weighted by molar-refractivity contribution is 9.10. The summed E-state index contributed by atoms with van der Waals surface area (Å²) in [4.78, 5) is 37.7. The van der Waals surface area contributed by atoms with Gasteiger partial charge >= 0.3 is 0 Å². The number of hydrogen-bond donors (Lipinski definition) is 1. The molecule has 2 aromatic carbocycles. The van der Waals surface area contributed by atoms with E-state index in [0.717, 1.165) is 15.6 Å². The maximum atomic E-state index is 13.1. The van der Waals surface area contributed by atoms with Crippen LogP contribution in [0.15, 0.2) is 53.0 Å². The SMILES string of the molecule is CC(C)CNC(=O)[C@H](C)N(Cc1cccc(Br)c1)C(=O)CSCc1ccc([N+](=O)[O-])cc1. The van der Waals surface area contributed by atoms with Crippen molar-refractivity contribution in [1.29, 1.82) is 0 Å². The lowest BCUT2D eigenvalue weighted by Gasteiger charge is -2.29. The van der Waals surface area contributed by atoms with Crippen molar-refractivity contribution in [2.45, 2.75) is 39.1 Å². The summed E-state index contributed by atoms with van der Waals surface area (Å²) in [5.74, 6) is 0.749. The van der Waals surface area contributed by atoms with Crippen LogP contribution in [-0.2, 0) is 21.9 Å². The van der Waals surface area contributed by atoms with Gasteiger partial charge in [0.05, 0.1) is 10.7 Å². The van der Waals surface area contributed by atoms with Crippen molar-refractivity contribution in [2.75, 3.05) is 12.3 Å². The second kappa shape index (κ2) is 12.6. The predicted octanol–water partition coefficient (Wildman–Crippen LogP) is 4.78. The van der Waals surface area contributed by atoms with E-state index in [1.54, 1.807) is 24.0 Å². The van der Waals surface area contributed by atoms with Gasteiger partial charge in [-0.15, -0.1) is 11.8 Å². The number of benzene rings is 2. The number of rotatable bonds is 11. The average Bonchev–Trinajstić information content (AvgIpc) is 2.75. The molecule has 0 aliphatic heterocycles. The number of hydrogen-bond acceptors (Lipinski definition) is 5. The average molecular weight is 522 g/mol. The van der Waals surface area contributed by atoms with Gasteiger partial charge in [-0.2, -0.15) is 0 Å². The van der Waals surface area contributed by atoms with E-state index in [2.05, 4.69) is 21.2 Å². The zero-order chi connectivity index (χ0) is 23.7. The summed E-state index contributed by atoms with van der Waals surface area (Å²) in [6, 6.07) is 13.4. The van der Waals surface area contributed by atoms with Gasteiger partial charge in [-0.25, -0.2) is 0 Å². The largest absolute Gasteiger partial charge is 0.354 e. The van der Waals surface area contributed by atoms with E-state index in [-0.39, 0.29) is 23.3 Å². The minimum Gasteiger partial charge on any atom is -0.354 e. The summed E-state index contributed by atoms with van der Waals surface area (Å²) < 4.78 is 0.909. The van der Waals surface area contributed by atoms with Crippen molar-refractivity contribution in [3.05, 3.63) is 74.2 Å². The molecule has 0 aliphatic rings. The normalized spacial score (nSPS) is 11.8. The first-order chi connectivity index (χ1) is 15.2. The number of halogens is 1. The molecule has 9 heteroatoms. The number of non-ortho nitro benzene ring substituents is 1. The molecule has 0 heterocycles. The number of nitro benzene ring substituents is 1. The molecular formula is C23H28BrN3O4S. The highest BCUT2D eigenvalue weighted by atomic mass is 79.9. The van der Waals surface area contributed by atoms with E-state index in [1.807, 2.05) is 38.1 Å². The van der Waals surface area contributed by atoms with E-state index < -0.39 is 11.0 Å². The first kappa shape index (κ1) is 25.9. The molecule has 0 spiro atoms. The van der Waals surface area contributed by atoms with Crippen LogP contribution in [0.25, 0.3) is 0 Å². The van der Waals surface area contributed by atoms with Crippen molar-refractivity contribution in [2.24, 2.45) is 5.92 Å². The van der Waals surface area contributed by atoms with Crippen LogP contribution in [0.5, 0.6) is 0 Å². The molecule has 0 radical (unpaired) electrons. The topological polar surface area (TPSA) is 92.6 Å². The number of thioether (sulfide) groups is 1. The Labute approximate surface area is 201 Å². The Bertz CT molecular complexity index is 937. The van der Waals surface area contributed by atoms with E-state index >= 15 is 0 Å². The molecule has 0 aromatic heterocycles. The van der Waals surface area contributed by atoms with Gasteiger partial charge in [0.2, 0.25) is 11.8 Å². The smallest absolute Gasteiger partial charge is 0.269 e. The summed E-state index contributed by atoms with van der Waals surface area (Å²) >= 11 is 4.86. The Balaban J connectivity index is 2.04. The van der Waals surface area contributed by atoms with Crippen LogP contribution in [-0.4, -0.2) is 40.0 Å². The molecule has 2 aromatic rings. The van der Waals surface area contributed by atoms with E-state index in [4.69, 9.17) is 0 Å². The van der Waals surface area contributed by atoms with Gasteiger partial charge in [0.25, 0.3) is 5.69 Å². The molecule has 1 N–H and O–H groups in total. The van der Waals surface area contributed by atoms with Crippen LogP contribution in [0.2, 0.25) is 0 Å². The summed E-state index contributed by atoms with van der Waals surface area (Å²) in [5.41, 5.74) is 1.86. The Morgan fingerprint density at radius 3 is 2.41 bits per heavy atom. The number of carbonyl (C=O) groups is 2. The molecule has 32 heavy (non-hydrogen) atoms. The van der Waals surface area contributed by atoms with Gasteiger partial charge in [0.15, 0.2) is 0 Å². The minimum absolute atomic E-state index is 0.0382. The minimum atomic E-state index is -0.611. The Morgan fingerprint density at radius 2 is 1.81 bits per heavy atom. The van der Waals surface area contributed by atoms with Gasteiger partial charge in [0.1, 0.15) is 6.04 Å². The number of nitro groups is 1. The highest BCUT2D eigenvalue weighted by Gasteiger charge is 2.26. The molecule has 0 aliphatic carbocycles. The lowest BCUT2D eigenvalue weighted by molar-refractivity contribution is -0.384. The third kappa shape index (κ3) is 8.27. The van der Waals surface area contributed by atoms with E-state index in [1.165, 1.54) is 23.9 Å². The number of amides is 2. The molecule has 2 rings (SSSR count). The molecule has 7 nitrogen and oxygen atoms in total. The van der Waals surface area contributed by atoms with Gasteiger partial charge in [-0.1, -0.05) is 54.0 Å². The van der Waals surface area contributed by atoms with Gasteiger partial charge in [-0.05, 0) is 36.1 Å². The predicted molar refractivity (Wildman–Crippen MR) is 131 cm³/mol. The second-order valence-electron chi connectivity index (χ2n) is 7.88. The Kier molecular flexibility index (Phi) is 10.2. The monoisotopic (exact) mass is 521 g/mol. The Hall–Kier alpha value is -2.39. The molecule has 0 fully saturated rings. The molecule has 1 atom stereocenters. The Morgan fingerprint density at radius 1 is 1.12 bits per heavy atom. The molecule has 0 saturated carbocycles. The molecule has 0 unspecified atom stereocenters. The van der Waals surface area contributed by atoms with Gasteiger partial charge in [-0.3, -0.25) is 19.7 Å². The summed E-state index contributed by atoms with van der Waals surface area (Å²) in [6.45, 7) is 6.66. The summed E-state index contributed by atoms with van der Waals surface area (Å²) in [6.07, 6.45) is 0. The molecule has 0 saturated heterocycles. The number of nitrogens with one attached hydrogen (secondary N) is 1. The fourth-order valence-electron chi connectivity index (χ4n) is 2.92. The van der Waals surface area contributed by atoms with Crippen molar-refractivity contribution >= 4 is 45.2 Å². The van der Waals surface area contributed by atoms with Crippen molar-refractivity contribution in [1.82, 2.24) is 10.2 Å². The molecule has 2 amide bonds. The van der Waals surface area contributed by atoms with Crippen LogP contribution in [0.1, 0.15) is 31.9 Å². The maximum Gasteiger partial charge on any atom is 0.269 e. The number of carbonyl (C=O) groups excluding carboxylic acids is 2. The quantitative estimate of drug-likeness (QED) is 0.339. The fraction of sp³-hybridized carbons (Fsp3) is 0.391. The van der Waals surface area contributed by atoms with E-state index in [9.17, 15) is 19.7 Å². The van der Waals surface area contributed by atoms with Crippen LogP contribution in [0.3, 0.4) is 0 Å². The fourth-order valence-corrected chi connectivity index (χ4v) is 4.24. The molecule has 0 bridgehead atoms. The summed E-state index contributed by atoms with van der Waals surface area (Å²) in [5, 5.41) is 13.7. The van der Waals surface area contributed by atoms with Crippen LogP contribution >= 0.6 is 27.7 Å². The first-order valence-electron chi connectivity index (χ1n) is 10.3. The lowest BCUT2D eigenvalue weighted by Crippen LogP contribution is -2.48. The van der Waals surface area contributed by atoms with Crippen LogP contribution in [0.4, 0.5) is 5.69 Å². The van der Waals surface area contributed by atoms with Crippen molar-refractivity contribution < 1.29 is 14.5 Å². The third-order valence-corrected chi connectivity index (χ3v) is 6.22. The van der Waals surface area contributed by atoms with Gasteiger partial charge < -0.3 is 10.2 Å². The van der Waals surface area contributed by atoms with Crippen LogP contribution in [0, 0.1) is 16.0 Å². The lowest BCUT2D eigenvalue weighted by atomic mass is 10.1. The van der Waals surface area contributed by atoms with E-state index in [0.29, 0.717) is 24.8 Å². The molecular weight excluding hydrogens is 494 g/mol. The standard InChI is InChI=1S/C23H28BrN3O4S/c1-16(2)12-25-23(29)17(3)26(13-19-5-4-6-20(24)11-19)22(28)15-32-14-18-7-9-21(10-8-18)27(30)31/h4-11,16-17H,12-15H2,1-3H3,(H,25,29)/t17-/m0/s1. The zero-order valence-electron chi connectivity index (χ0n) is 18.4. The number of nitrogens with zero attached hydrogens (tertiary/aromatic N) is 2. The van der Waals surface area contributed by atoms with Gasteiger partial charge in [0, 0.05) is 35.4 Å².